The molecule has 1 N–H and O–H groups in total. The molecule has 1 rings (SSSR count). The highest BCUT2D eigenvalue weighted by Gasteiger charge is 2.12. The summed E-state index contributed by atoms with van der Waals surface area (Å²) < 4.78 is 12.7. The first kappa shape index (κ1) is 10.9. The Bertz CT molecular complexity index is 323. The molecule has 0 heterocycles. The topological polar surface area (TPSA) is 37.3 Å². The second-order valence-corrected chi connectivity index (χ2v) is 3.20. The van der Waals surface area contributed by atoms with Crippen molar-refractivity contribution in [3.8, 4) is 0 Å². The number of Topliss-reactive ketones (excluding diaryl/α,β-unsaturated/α-hetero) is 1. The Hall–Kier alpha value is -1.22. The summed E-state index contributed by atoms with van der Waals surface area (Å²) in [6, 6.07) is 5.85. The quantitative estimate of drug-likeness (QED) is 0.796. The lowest BCUT2D eigenvalue weighted by Crippen LogP contribution is -2.21. The number of carbonyl (C=O) groups is 1. The van der Waals surface area contributed by atoms with Gasteiger partial charge in [-0.3, -0.25) is 4.79 Å². The predicted octanol–water partition coefficient (Wildman–Crippen LogP) is 1.71. The molecule has 0 spiro atoms. The molecule has 0 amide bonds. The van der Waals surface area contributed by atoms with Gasteiger partial charge in [-0.2, -0.15) is 0 Å². The molecule has 0 saturated carbocycles. The van der Waals surface area contributed by atoms with Gasteiger partial charge in [0.25, 0.3) is 0 Å². The molecule has 76 valence electrons. The average molecular weight is 196 g/mol. The maximum Gasteiger partial charge on any atom is 0.165 e. The van der Waals surface area contributed by atoms with E-state index in [-0.39, 0.29) is 18.0 Å². The summed E-state index contributed by atoms with van der Waals surface area (Å²) in [6.45, 7) is 1.73. The molecule has 2 nitrogen and oxygen atoms in total. The summed E-state index contributed by atoms with van der Waals surface area (Å²) in [4.78, 5) is 11.3. The van der Waals surface area contributed by atoms with Crippen molar-refractivity contribution < 1.29 is 14.3 Å². The lowest BCUT2D eigenvalue weighted by Gasteiger charge is -2.06. The highest BCUT2D eigenvalue weighted by atomic mass is 19.1. The van der Waals surface area contributed by atoms with Crippen LogP contribution in [0.5, 0.6) is 0 Å². The zero-order valence-corrected chi connectivity index (χ0v) is 8.03. The first-order valence-corrected chi connectivity index (χ1v) is 4.58. The SMILES string of the molecule is CCC(O)C(=O)Cc1cccc(F)c1. The molecule has 1 unspecified atom stereocenters. The van der Waals surface area contributed by atoms with Gasteiger partial charge in [0.15, 0.2) is 5.78 Å². The first-order valence-electron chi connectivity index (χ1n) is 4.58. The Kier molecular flexibility index (Phi) is 3.77. The second-order valence-electron chi connectivity index (χ2n) is 3.20. The van der Waals surface area contributed by atoms with Gasteiger partial charge in [0.1, 0.15) is 11.9 Å². The Morgan fingerprint density at radius 3 is 2.86 bits per heavy atom. The molecule has 14 heavy (non-hydrogen) atoms. The van der Waals surface area contributed by atoms with Crippen LogP contribution in [0, 0.1) is 5.82 Å². The third kappa shape index (κ3) is 2.92. The molecule has 1 aromatic carbocycles. The Morgan fingerprint density at radius 1 is 1.57 bits per heavy atom. The van der Waals surface area contributed by atoms with Gasteiger partial charge in [0.2, 0.25) is 0 Å². The van der Waals surface area contributed by atoms with Gasteiger partial charge in [-0.25, -0.2) is 4.39 Å². The minimum absolute atomic E-state index is 0.0900. The van der Waals surface area contributed by atoms with Crippen molar-refractivity contribution in [2.45, 2.75) is 25.9 Å². The summed E-state index contributed by atoms with van der Waals surface area (Å²) in [6.07, 6.45) is -0.445. The molecule has 0 bridgehead atoms. The third-order valence-corrected chi connectivity index (χ3v) is 2.03. The van der Waals surface area contributed by atoms with Crippen LogP contribution < -0.4 is 0 Å². The lowest BCUT2D eigenvalue weighted by atomic mass is 10.0. The van der Waals surface area contributed by atoms with Crippen LogP contribution >= 0.6 is 0 Å². The van der Waals surface area contributed by atoms with E-state index in [1.807, 2.05) is 0 Å². The number of halogens is 1. The summed E-state index contributed by atoms with van der Waals surface area (Å²) in [5, 5.41) is 9.21. The summed E-state index contributed by atoms with van der Waals surface area (Å²) in [7, 11) is 0. The number of aliphatic hydroxyl groups is 1. The van der Waals surface area contributed by atoms with Gasteiger partial charge < -0.3 is 5.11 Å². The summed E-state index contributed by atoms with van der Waals surface area (Å²) in [5.41, 5.74) is 0.600. The fraction of sp³-hybridized carbons (Fsp3) is 0.364. The van der Waals surface area contributed by atoms with E-state index < -0.39 is 6.10 Å². The van der Waals surface area contributed by atoms with Crippen LogP contribution in [0.25, 0.3) is 0 Å². The largest absolute Gasteiger partial charge is 0.385 e. The van der Waals surface area contributed by atoms with Crippen molar-refractivity contribution in [3.05, 3.63) is 35.6 Å². The van der Waals surface area contributed by atoms with Crippen LogP contribution in [0.2, 0.25) is 0 Å². The molecule has 1 aromatic rings. The van der Waals surface area contributed by atoms with Crippen molar-refractivity contribution in [2.75, 3.05) is 0 Å². The van der Waals surface area contributed by atoms with Crippen LogP contribution in [-0.2, 0) is 11.2 Å². The predicted molar refractivity (Wildman–Crippen MR) is 51.4 cm³/mol. The molecule has 3 heteroatoms. The molecule has 0 radical (unpaired) electrons. The number of benzene rings is 1. The van der Waals surface area contributed by atoms with Gasteiger partial charge in [0, 0.05) is 6.42 Å². The van der Waals surface area contributed by atoms with E-state index in [1.54, 1.807) is 19.1 Å². The van der Waals surface area contributed by atoms with Crippen LogP contribution in [0.15, 0.2) is 24.3 Å². The normalized spacial score (nSPS) is 12.5. The standard InChI is InChI=1S/C11H13FO2/c1-2-10(13)11(14)7-8-4-3-5-9(12)6-8/h3-6,10,13H,2,7H2,1H3. The van der Waals surface area contributed by atoms with Gasteiger partial charge in [-0.15, -0.1) is 0 Å². The van der Waals surface area contributed by atoms with Crippen LogP contribution in [0.4, 0.5) is 4.39 Å². The van der Waals surface area contributed by atoms with Crippen LogP contribution in [-0.4, -0.2) is 17.0 Å². The lowest BCUT2D eigenvalue weighted by molar-refractivity contribution is -0.126. The maximum absolute atomic E-state index is 12.7. The highest BCUT2D eigenvalue weighted by molar-refractivity contribution is 5.84. The molecule has 0 aliphatic carbocycles. The van der Waals surface area contributed by atoms with E-state index >= 15 is 0 Å². The second kappa shape index (κ2) is 4.86. The van der Waals surface area contributed by atoms with Crippen molar-refractivity contribution in [3.63, 3.8) is 0 Å². The van der Waals surface area contributed by atoms with Crippen LogP contribution in [0.3, 0.4) is 0 Å². The average Bonchev–Trinajstić information content (AvgIpc) is 2.16. The molecule has 0 fully saturated rings. The minimum atomic E-state index is -0.932. The number of hydrogen-bond donors (Lipinski definition) is 1. The highest BCUT2D eigenvalue weighted by Crippen LogP contribution is 2.06. The molecule has 0 saturated heterocycles. The first-order chi connectivity index (χ1) is 6.63. The molecule has 0 aliphatic rings. The van der Waals surface area contributed by atoms with Gasteiger partial charge in [-0.05, 0) is 24.1 Å². The van der Waals surface area contributed by atoms with Gasteiger partial charge >= 0.3 is 0 Å². The van der Waals surface area contributed by atoms with E-state index in [2.05, 4.69) is 0 Å². The monoisotopic (exact) mass is 196 g/mol. The van der Waals surface area contributed by atoms with Crippen molar-refractivity contribution in [2.24, 2.45) is 0 Å². The molecule has 0 aliphatic heterocycles. The van der Waals surface area contributed by atoms with E-state index in [0.717, 1.165) is 0 Å². The maximum atomic E-state index is 12.7. The van der Waals surface area contributed by atoms with E-state index in [1.165, 1.54) is 12.1 Å². The van der Waals surface area contributed by atoms with Crippen LogP contribution in [0.1, 0.15) is 18.9 Å². The fourth-order valence-electron chi connectivity index (χ4n) is 1.19. The third-order valence-electron chi connectivity index (χ3n) is 2.03. The van der Waals surface area contributed by atoms with Crippen molar-refractivity contribution >= 4 is 5.78 Å². The van der Waals surface area contributed by atoms with Gasteiger partial charge in [-0.1, -0.05) is 19.1 Å². The Labute approximate surface area is 82.4 Å². The fourth-order valence-corrected chi connectivity index (χ4v) is 1.19. The zero-order chi connectivity index (χ0) is 10.6. The molecule has 1 atom stereocenters. The minimum Gasteiger partial charge on any atom is -0.385 e. The summed E-state index contributed by atoms with van der Waals surface area (Å²) in [5.74, 6) is -0.626. The number of aliphatic hydroxyl groups excluding tert-OH is 1. The zero-order valence-electron chi connectivity index (χ0n) is 8.03. The Balaban J connectivity index is 2.65. The number of carbonyl (C=O) groups excluding carboxylic acids is 1. The molecule has 0 aromatic heterocycles. The van der Waals surface area contributed by atoms with E-state index in [9.17, 15) is 14.3 Å². The van der Waals surface area contributed by atoms with E-state index in [0.29, 0.717) is 12.0 Å². The Morgan fingerprint density at radius 2 is 2.29 bits per heavy atom. The van der Waals surface area contributed by atoms with Crippen molar-refractivity contribution in [1.82, 2.24) is 0 Å². The van der Waals surface area contributed by atoms with E-state index in [4.69, 9.17) is 0 Å². The van der Waals surface area contributed by atoms with Gasteiger partial charge in [0.05, 0.1) is 0 Å². The van der Waals surface area contributed by atoms with Crippen molar-refractivity contribution in [1.29, 1.82) is 0 Å². The smallest absolute Gasteiger partial charge is 0.165 e. The molecular formula is C11H13FO2. The number of rotatable bonds is 4. The molecular weight excluding hydrogens is 183 g/mol. The number of ketones is 1. The summed E-state index contributed by atoms with van der Waals surface area (Å²) >= 11 is 0. The number of hydrogen-bond acceptors (Lipinski definition) is 2.